The van der Waals surface area contributed by atoms with Crippen LogP contribution in [0.4, 0.5) is 18.9 Å². The molecule has 0 spiro atoms. The van der Waals surface area contributed by atoms with Gasteiger partial charge in [0.2, 0.25) is 5.91 Å². The van der Waals surface area contributed by atoms with E-state index in [1.54, 1.807) is 43.3 Å². The molecule has 2 amide bonds. The predicted octanol–water partition coefficient (Wildman–Crippen LogP) is 5.59. The van der Waals surface area contributed by atoms with E-state index in [2.05, 4.69) is 10.3 Å². The number of halogens is 4. The van der Waals surface area contributed by atoms with Crippen LogP contribution in [-0.4, -0.2) is 40.7 Å². The highest BCUT2D eigenvalue weighted by atomic mass is 35.5. The molecule has 1 saturated heterocycles. The number of hydrogen-bond acceptors (Lipinski definition) is 3. The van der Waals surface area contributed by atoms with E-state index in [-0.39, 0.29) is 12.1 Å². The zero-order valence-electron chi connectivity index (χ0n) is 18.2. The van der Waals surface area contributed by atoms with Crippen LogP contribution < -0.4 is 5.32 Å². The van der Waals surface area contributed by atoms with Crippen molar-refractivity contribution < 1.29 is 22.8 Å². The molecular weight excluding hydrogens is 467 g/mol. The highest BCUT2D eigenvalue weighted by molar-refractivity contribution is 6.30. The molecule has 2 heterocycles. The lowest BCUT2D eigenvalue weighted by atomic mass is 9.93. The molecule has 2 aromatic carbocycles. The van der Waals surface area contributed by atoms with Crippen molar-refractivity contribution in [2.45, 2.75) is 19.3 Å². The lowest BCUT2D eigenvalue weighted by Gasteiger charge is -2.37. The van der Waals surface area contributed by atoms with E-state index < -0.39 is 42.4 Å². The van der Waals surface area contributed by atoms with Crippen LogP contribution in [0.2, 0.25) is 5.02 Å². The standard InChI is InChI=1S/C25H21ClF3N3O2/c1-15-4-2-7-22(30-15)16-8-9-21(27)20(10-16)24(34)32-13-17(12-25(28,29)14-32)23(33)31-19-6-3-5-18(26)11-19/h2-11,17H,12-14H2,1H3,(H,31,33). The average Bonchev–Trinajstić information content (AvgIpc) is 2.78. The number of nitrogens with zero attached hydrogens (tertiary/aromatic N) is 2. The van der Waals surface area contributed by atoms with Gasteiger partial charge in [-0.1, -0.05) is 23.7 Å². The van der Waals surface area contributed by atoms with Gasteiger partial charge < -0.3 is 10.2 Å². The Balaban J connectivity index is 1.57. The molecule has 1 atom stereocenters. The Morgan fingerprint density at radius 3 is 2.62 bits per heavy atom. The smallest absolute Gasteiger partial charge is 0.266 e. The third-order valence-corrected chi connectivity index (χ3v) is 5.77. The number of alkyl halides is 2. The van der Waals surface area contributed by atoms with E-state index in [9.17, 15) is 22.8 Å². The zero-order valence-corrected chi connectivity index (χ0v) is 19.0. The Kier molecular flexibility index (Phi) is 6.61. The fourth-order valence-corrected chi connectivity index (χ4v) is 4.15. The van der Waals surface area contributed by atoms with Crippen LogP contribution >= 0.6 is 11.6 Å². The molecule has 1 N–H and O–H groups in total. The third-order valence-electron chi connectivity index (χ3n) is 5.54. The maximum absolute atomic E-state index is 14.6. The van der Waals surface area contributed by atoms with E-state index in [4.69, 9.17) is 11.6 Å². The molecule has 1 aliphatic rings. The number of pyridine rings is 1. The number of aromatic nitrogens is 1. The van der Waals surface area contributed by atoms with Gasteiger partial charge >= 0.3 is 0 Å². The summed E-state index contributed by atoms with van der Waals surface area (Å²) >= 11 is 5.91. The number of aryl methyl sites for hydroxylation is 1. The molecule has 4 rings (SSSR count). The van der Waals surface area contributed by atoms with Crippen molar-refractivity contribution in [3.05, 3.63) is 82.8 Å². The van der Waals surface area contributed by atoms with E-state index >= 15 is 0 Å². The van der Waals surface area contributed by atoms with Gasteiger partial charge in [0.05, 0.1) is 23.7 Å². The topological polar surface area (TPSA) is 62.3 Å². The number of nitrogens with one attached hydrogen (secondary N) is 1. The monoisotopic (exact) mass is 487 g/mol. The van der Waals surface area contributed by atoms with Crippen molar-refractivity contribution >= 4 is 29.1 Å². The van der Waals surface area contributed by atoms with Crippen molar-refractivity contribution in [1.82, 2.24) is 9.88 Å². The minimum atomic E-state index is -3.31. The lowest BCUT2D eigenvalue weighted by Crippen LogP contribution is -2.52. The summed E-state index contributed by atoms with van der Waals surface area (Å²) in [6.07, 6.45) is -0.723. The van der Waals surface area contributed by atoms with Gasteiger partial charge in [-0.2, -0.15) is 0 Å². The highest BCUT2D eigenvalue weighted by Crippen LogP contribution is 2.33. The highest BCUT2D eigenvalue weighted by Gasteiger charge is 2.45. The first kappa shape index (κ1) is 23.8. The summed E-state index contributed by atoms with van der Waals surface area (Å²) in [5.41, 5.74) is 1.74. The summed E-state index contributed by atoms with van der Waals surface area (Å²) in [6.45, 7) is 0.621. The molecular formula is C25H21ClF3N3O2. The molecule has 0 bridgehead atoms. The fourth-order valence-electron chi connectivity index (χ4n) is 3.96. The number of carbonyl (C=O) groups is 2. The Hall–Kier alpha value is -3.39. The van der Waals surface area contributed by atoms with Gasteiger partial charge in [0.1, 0.15) is 5.82 Å². The van der Waals surface area contributed by atoms with Crippen molar-refractivity contribution in [1.29, 1.82) is 0 Å². The molecule has 1 fully saturated rings. The first-order valence-electron chi connectivity index (χ1n) is 10.6. The second kappa shape index (κ2) is 9.46. The van der Waals surface area contributed by atoms with Crippen LogP contribution in [-0.2, 0) is 4.79 Å². The number of benzene rings is 2. The first-order chi connectivity index (χ1) is 16.1. The molecule has 0 saturated carbocycles. The van der Waals surface area contributed by atoms with Gasteiger partial charge in [-0.3, -0.25) is 14.6 Å². The van der Waals surface area contributed by atoms with E-state index in [1.807, 2.05) is 0 Å². The summed E-state index contributed by atoms with van der Waals surface area (Å²) in [5, 5.41) is 2.94. The number of likely N-dealkylation sites (tertiary alicyclic amines) is 1. The van der Waals surface area contributed by atoms with Crippen LogP contribution in [0.1, 0.15) is 22.5 Å². The SMILES string of the molecule is Cc1cccc(-c2ccc(F)c(C(=O)N3CC(C(=O)Nc4cccc(Cl)c4)CC(F)(F)C3)c2)n1. The van der Waals surface area contributed by atoms with Gasteiger partial charge in [-0.15, -0.1) is 0 Å². The molecule has 9 heteroatoms. The van der Waals surface area contributed by atoms with Crippen LogP contribution in [0.5, 0.6) is 0 Å². The van der Waals surface area contributed by atoms with Gasteiger partial charge in [-0.25, -0.2) is 13.2 Å². The molecule has 1 aliphatic heterocycles. The molecule has 0 aliphatic carbocycles. The second-order valence-electron chi connectivity index (χ2n) is 8.30. The fraction of sp³-hybridized carbons (Fsp3) is 0.240. The Morgan fingerprint density at radius 2 is 1.88 bits per heavy atom. The molecule has 176 valence electrons. The normalized spacial score (nSPS) is 17.3. The Bertz CT molecular complexity index is 1250. The molecule has 1 aromatic heterocycles. The summed E-state index contributed by atoms with van der Waals surface area (Å²) in [4.78, 5) is 31.0. The second-order valence-corrected chi connectivity index (χ2v) is 8.74. The number of rotatable bonds is 4. The van der Waals surface area contributed by atoms with Crippen LogP contribution in [0.15, 0.2) is 60.7 Å². The van der Waals surface area contributed by atoms with Gasteiger partial charge in [-0.05, 0) is 55.5 Å². The van der Waals surface area contributed by atoms with Crippen molar-refractivity contribution in [2.75, 3.05) is 18.4 Å². The number of hydrogen-bond donors (Lipinski definition) is 1. The minimum Gasteiger partial charge on any atom is -0.332 e. The lowest BCUT2D eigenvalue weighted by molar-refractivity contribution is -0.130. The van der Waals surface area contributed by atoms with Gasteiger partial charge in [0.25, 0.3) is 11.8 Å². The summed E-state index contributed by atoms with van der Waals surface area (Å²) in [7, 11) is 0. The quantitative estimate of drug-likeness (QED) is 0.522. The van der Waals surface area contributed by atoms with Gasteiger partial charge in [0, 0.05) is 34.9 Å². The van der Waals surface area contributed by atoms with E-state index in [1.165, 1.54) is 18.2 Å². The number of carbonyl (C=O) groups excluding carboxylic acids is 2. The van der Waals surface area contributed by atoms with Crippen molar-refractivity contribution in [2.24, 2.45) is 5.92 Å². The molecule has 1 unspecified atom stereocenters. The maximum Gasteiger partial charge on any atom is 0.266 e. The number of anilines is 1. The average molecular weight is 488 g/mol. The number of amides is 2. The van der Waals surface area contributed by atoms with Crippen molar-refractivity contribution in [3.8, 4) is 11.3 Å². The molecule has 0 radical (unpaired) electrons. The van der Waals surface area contributed by atoms with Crippen LogP contribution in [0.3, 0.4) is 0 Å². The van der Waals surface area contributed by atoms with E-state index in [0.717, 1.165) is 16.7 Å². The minimum absolute atomic E-state index is 0.271. The van der Waals surface area contributed by atoms with Gasteiger partial charge in [0.15, 0.2) is 0 Å². The van der Waals surface area contributed by atoms with Crippen LogP contribution in [0, 0.1) is 18.7 Å². The molecule has 3 aromatic rings. The van der Waals surface area contributed by atoms with Crippen molar-refractivity contribution in [3.63, 3.8) is 0 Å². The maximum atomic E-state index is 14.6. The summed E-state index contributed by atoms with van der Waals surface area (Å²) < 4.78 is 43.7. The van der Waals surface area contributed by atoms with E-state index in [0.29, 0.717) is 22.0 Å². The summed E-state index contributed by atoms with van der Waals surface area (Å²) in [6, 6.07) is 15.5. The molecule has 34 heavy (non-hydrogen) atoms. The number of piperidine rings is 1. The summed E-state index contributed by atoms with van der Waals surface area (Å²) in [5.74, 6) is -6.91. The zero-order chi connectivity index (χ0) is 24.5. The largest absolute Gasteiger partial charge is 0.332 e. The Labute approximate surface area is 199 Å². The van der Waals surface area contributed by atoms with Crippen LogP contribution in [0.25, 0.3) is 11.3 Å². The third kappa shape index (κ3) is 5.39. The molecule has 5 nitrogen and oxygen atoms in total. The first-order valence-corrected chi connectivity index (χ1v) is 11.0. The Morgan fingerprint density at radius 1 is 1.12 bits per heavy atom. The predicted molar refractivity (Wildman–Crippen MR) is 123 cm³/mol.